The lowest BCUT2D eigenvalue weighted by molar-refractivity contribution is 0.108. The van der Waals surface area contributed by atoms with Crippen molar-refractivity contribution in [1.29, 1.82) is 0 Å². The topological polar surface area (TPSA) is 6.48 Å². The maximum atomic E-state index is 2.68. The molecule has 118 valence electrons. The summed E-state index contributed by atoms with van der Waals surface area (Å²) in [5.74, 6) is 2.94. The number of rotatable bonds is 5. The molecule has 2 aliphatic rings. The first-order valence-electron chi connectivity index (χ1n) is 8.99. The van der Waals surface area contributed by atoms with E-state index < -0.39 is 0 Å². The summed E-state index contributed by atoms with van der Waals surface area (Å²) < 4.78 is 0. The van der Waals surface area contributed by atoms with Crippen LogP contribution in [0.2, 0.25) is 0 Å². The molecule has 20 heavy (non-hydrogen) atoms. The lowest BCUT2D eigenvalue weighted by Crippen LogP contribution is -2.43. The second-order valence-electron chi connectivity index (χ2n) is 7.64. The van der Waals surface area contributed by atoms with Crippen molar-refractivity contribution in [2.45, 2.75) is 64.8 Å². The molecule has 0 radical (unpaired) electrons. The van der Waals surface area contributed by atoms with Crippen molar-refractivity contribution < 1.29 is 0 Å². The molecule has 0 spiro atoms. The molecule has 1 unspecified atom stereocenters. The third-order valence-electron chi connectivity index (χ3n) is 6.20. The molecule has 0 amide bonds. The van der Waals surface area contributed by atoms with E-state index in [4.69, 9.17) is 0 Å². The summed E-state index contributed by atoms with van der Waals surface area (Å²) >= 11 is 0. The van der Waals surface area contributed by atoms with E-state index in [1.54, 1.807) is 0 Å². The Morgan fingerprint density at radius 3 is 2.20 bits per heavy atom. The van der Waals surface area contributed by atoms with E-state index in [1.807, 2.05) is 0 Å². The number of hydrogen-bond acceptors (Lipinski definition) is 2. The molecule has 1 saturated heterocycles. The van der Waals surface area contributed by atoms with E-state index >= 15 is 0 Å². The van der Waals surface area contributed by atoms with Crippen LogP contribution in [0.3, 0.4) is 0 Å². The lowest BCUT2D eigenvalue weighted by Gasteiger charge is -2.39. The van der Waals surface area contributed by atoms with Gasteiger partial charge in [0.15, 0.2) is 0 Å². The first kappa shape index (κ1) is 16.3. The normalized spacial score (nSPS) is 31.6. The molecule has 1 saturated carbocycles. The summed E-state index contributed by atoms with van der Waals surface area (Å²) in [7, 11) is 4.63. The minimum atomic E-state index is 0.846. The van der Waals surface area contributed by atoms with Gasteiger partial charge in [-0.2, -0.15) is 0 Å². The molecule has 0 aromatic rings. The lowest BCUT2D eigenvalue weighted by atomic mass is 9.75. The van der Waals surface area contributed by atoms with Gasteiger partial charge in [-0.15, -0.1) is 0 Å². The van der Waals surface area contributed by atoms with Gasteiger partial charge in [0.25, 0.3) is 0 Å². The van der Waals surface area contributed by atoms with Crippen LogP contribution in [-0.4, -0.2) is 49.6 Å². The highest BCUT2D eigenvalue weighted by Gasteiger charge is 2.27. The molecule has 0 aromatic carbocycles. The van der Waals surface area contributed by atoms with Crippen LogP contribution in [0, 0.1) is 17.8 Å². The highest BCUT2D eigenvalue weighted by molar-refractivity contribution is 4.81. The first-order chi connectivity index (χ1) is 9.60. The van der Waals surface area contributed by atoms with Crippen molar-refractivity contribution in [3.8, 4) is 0 Å². The van der Waals surface area contributed by atoms with E-state index in [9.17, 15) is 0 Å². The van der Waals surface area contributed by atoms with E-state index in [2.05, 4.69) is 37.7 Å². The third kappa shape index (κ3) is 4.46. The Hall–Kier alpha value is -0.0800. The van der Waals surface area contributed by atoms with Gasteiger partial charge in [0.2, 0.25) is 0 Å². The van der Waals surface area contributed by atoms with E-state index in [-0.39, 0.29) is 0 Å². The third-order valence-corrected chi connectivity index (χ3v) is 6.20. The van der Waals surface area contributed by atoms with Crippen molar-refractivity contribution in [2.75, 3.05) is 33.7 Å². The zero-order chi connectivity index (χ0) is 14.5. The summed E-state index contributed by atoms with van der Waals surface area (Å²) in [6, 6.07) is 0.846. The van der Waals surface area contributed by atoms with Gasteiger partial charge < -0.3 is 9.80 Å². The monoisotopic (exact) mass is 280 g/mol. The minimum Gasteiger partial charge on any atom is -0.306 e. The van der Waals surface area contributed by atoms with Crippen LogP contribution in [0.25, 0.3) is 0 Å². The second kappa shape index (κ2) is 7.79. The fraction of sp³-hybridized carbons (Fsp3) is 1.00. The van der Waals surface area contributed by atoms with Crippen LogP contribution >= 0.6 is 0 Å². The smallest absolute Gasteiger partial charge is 0.0117 e. The van der Waals surface area contributed by atoms with Crippen molar-refractivity contribution in [3.05, 3.63) is 0 Å². The average Bonchev–Trinajstić information content (AvgIpc) is 2.48. The Morgan fingerprint density at radius 2 is 1.65 bits per heavy atom. The molecule has 0 N–H and O–H groups in total. The number of hydrogen-bond donors (Lipinski definition) is 0. The molecule has 2 rings (SSSR count). The highest BCUT2D eigenvalue weighted by Crippen LogP contribution is 2.35. The summed E-state index contributed by atoms with van der Waals surface area (Å²) in [5.41, 5.74) is 0. The summed E-state index contributed by atoms with van der Waals surface area (Å²) in [4.78, 5) is 5.16. The van der Waals surface area contributed by atoms with E-state index in [1.165, 1.54) is 64.6 Å². The van der Waals surface area contributed by atoms with Gasteiger partial charge in [0.05, 0.1) is 0 Å². The van der Waals surface area contributed by atoms with Gasteiger partial charge in [0.1, 0.15) is 0 Å². The Kier molecular flexibility index (Phi) is 6.35. The van der Waals surface area contributed by atoms with Gasteiger partial charge in [-0.05, 0) is 83.5 Å². The van der Waals surface area contributed by atoms with Gasteiger partial charge in [-0.25, -0.2) is 0 Å². The van der Waals surface area contributed by atoms with Crippen LogP contribution in [0.5, 0.6) is 0 Å². The fourth-order valence-corrected chi connectivity index (χ4v) is 4.27. The maximum absolute atomic E-state index is 2.68. The Balaban J connectivity index is 1.69. The molecule has 2 nitrogen and oxygen atoms in total. The summed E-state index contributed by atoms with van der Waals surface area (Å²) in [6.07, 6.45) is 10.0. The highest BCUT2D eigenvalue weighted by atomic mass is 15.2. The van der Waals surface area contributed by atoms with Gasteiger partial charge in [-0.1, -0.05) is 20.3 Å². The van der Waals surface area contributed by atoms with E-state index in [0.29, 0.717) is 0 Å². The predicted molar refractivity (Wildman–Crippen MR) is 88.1 cm³/mol. The minimum absolute atomic E-state index is 0.846. The molecule has 0 aromatic heterocycles. The van der Waals surface area contributed by atoms with Crippen molar-refractivity contribution >= 4 is 0 Å². The van der Waals surface area contributed by atoms with Gasteiger partial charge in [-0.3, -0.25) is 0 Å². The van der Waals surface area contributed by atoms with Crippen LogP contribution in [0.4, 0.5) is 0 Å². The predicted octanol–water partition coefficient (Wildman–Crippen LogP) is 3.86. The standard InChI is InChI=1S/C18H36N2/c1-5-15(2)17-8-6-16(7-9-17)14-20(4)18-10-12-19(3)13-11-18/h15-18H,5-14H2,1-4H3. The van der Waals surface area contributed by atoms with Crippen molar-refractivity contribution in [3.63, 3.8) is 0 Å². The van der Waals surface area contributed by atoms with Crippen LogP contribution in [-0.2, 0) is 0 Å². The maximum Gasteiger partial charge on any atom is 0.0117 e. The number of nitrogens with zero attached hydrogens (tertiary/aromatic N) is 2. The summed E-state index contributed by atoms with van der Waals surface area (Å²) in [6.45, 7) is 8.73. The van der Waals surface area contributed by atoms with Gasteiger partial charge >= 0.3 is 0 Å². The molecule has 1 atom stereocenters. The number of likely N-dealkylation sites (tertiary alicyclic amines) is 1. The zero-order valence-corrected chi connectivity index (χ0v) is 14.3. The molecular weight excluding hydrogens is 244 g/mol. The molecule has 1 aliphatic heterocycles. The Bertz CT molecular complexity index is 263. The van der Waals surface area contributed by atoms with Crippen molar-refractivity contribution in [1.82, 2.24) is 9.80 Å². The SMILES string of the molecule is CCC(C)C1CCC(CN(C)C2CCN(C)CC2)CC1. The Morgan fingerprint density at radius 1 is 1.05 bits per heavy atom. The van der Waals surface area contributed by atoms with Crippen LogP contribution < -0.4 is 0 Å². The fourth-order valence-electron chi connectivity index (χ4n) is 4.27. The zero-order valence-electron chi connectivity index (χ0n) is 14.3. The molecule has 2 heteroatoms. The molecule has 2 fully saturated rings. The van der Waals surface area contributed by atoms with E-state index in [0.717, 1.165) is 23.8 Å². The molecule has 1 aliphatic carbocycles. The second-order valence-corrected chi connectivity index (χ2v) is 7.64. The van der Waals surface area contributed by atoms with Crippen molar-refractivity contribution in [2.24, 2.45) is 17.8 Å². The molecular formula is C18H36N2. The Labute approximate surface area is 126 Å². The number of piperidine rings is 1. The molecule has 1 heterocycles. The summed E-state index contributed by atoms with van der Waals surface area (Å²) in [5, 5.41) is 0. The van der Waals surface area contributed by atoms with Gasteiger partial charge in [0, 0.05) is 12.6 Å². The quantitative estimate of drug-likeness (QED) is 0.754. The van der Waals surface area contributed by atoms with Crippen LogP contribution in [0.15, 0.2) is 0 Å². The molecule has 0 bridgehead atoms. The average molecular weight is 280 g/mol. The first-order valence-corrected chi connectivity index (χ1v) is 8.99. The van der Waals surface area contributed by atoms with Crippen LogP contribution in [0.1, 0.15) is 58.8 Å². The largest absolute Gasteiger partial charge is 0.306 e.